The molecular weight excluding hydrogens is 310 g/mol. The Morgan fingerprint density at radius 2 is 1.96 bits per heavy atom. The van der Waals surface area contributed by atoms with Gasteiger partial charge in [-0.3, -0.25) is 14.9 Å². The van der Waals surface area contributed by atoms with Crippen LogP contribution in [-0.2, 0) is 4.79 Å². The molecule has 0 aliphatic heterocycles. The third kappa shape index (κ3) is 5.08. The number of carbonyl (C=O) groups is 1. The smallest absolute Gasteiger partial charge is 0.249 e. The van der Waals surface area contributed by atoms with Crippen molar-refractivity contribution in [1.29, 1.82) is 0 Å². The Morgan fingerprint density at radius 3 is 2.33 bits per heavy atom. The van der Waals surface area contributed by atoms with Gasteiger partial charge in [0.1, 0.15) is 11.5 Å². The number of nitrogens with zero attached hydrogens (tertiary/aromatic N) is 1. The van der Waals surface area contributed by atoms with E-state index >= 15 is 0 Å². The summed E-state index contributed by atoms with van der Waals surface area (Å²) < 4.78 is 5.41. The van der Waals surface area contributed by atoms with E-state index in [4.69, 9.17) is 4.42 Å². The highest BCUT2D eigenvalue weighted by Gasteiger charge is 2.27. The van der Waals surface area contributed by atoms with Gasteiger partial charge in [0.25, 0.3) is 0 Å². The lowest BCUT2D eigenvalue weighted by Gasteiger charge is -2.19. The zero-order valence-electron chi connectivity index (χ0n) is 14.8. The molecule has 0 aromatic carbocycles. The van der Waals surface area contributed by atoms with E-state index < -0.39 is 10.8 Å². The highest BCUT2D eigenvalue weighted by Crippen LogP contribution is 2.34. The normalized spacial score (nSPS) is 14.7. The number of hydrogen-bond acceptors (Lipinski definition) is 5. The summed E-state index contributed by atoms with van der Waals surface area (Å²) >= 11 is 0. The van der Waals surface area contributed by atoms with Crippen LogP contribution in [0.3, 0.4) is 0 Å². The molecule has 1 unspecified atom stereocenters. The van der Waals surface area contributed by atoms with Crippen LogP contribution in [0.1, 0.15) is 52.7 Å². The minimum absolute atomic E-state index is 0.0164. The molecular formula is C18H25NO5. The first kappa shape index (κ1) is 19.7. The summed E-state index contributed by atoms with van der Waals surface area (Å²) in [4.78, 5) is 22.6. The van der Waals surface area contributed by atoms with Crippen molar-refractivity contribution in [2.45, 2.75) is 47.0 Å². The monoisotopic (exact) mass is 335 g/mol. The molecule has 0 bridgehead atoms. The predicted octanol–water partition coefficient (Wildman–Crippen LogP) is 4.63. The van der Waals surface area contributed by atoms with Crippen LogP contribution < -0.4 is 0 Å². The third-order valence-electron chi connectivity index (χ3n) is 3.70. The van der Waals surface area contributed by atoms with Crippen molar-refractivity contribution < 1.29 is 19.2 Å². The maximum absolute atomic E-state index is 11.7. The van der Waals surface area contributed by atoms with Crippen LogP contribution in [0.25, 0.3) is 0 Å². The van der Waals surface area contributed by atoms with E-state index in [2.05, 4.69) is 0 Å². The standard InChI is InChI=1S/C18H25NO5/c1-11(2)16(19(22)23)10-15(18(21)12(3)4)14(9-13(5)20)17-7-6-8-24-17/h6-8,10-12,14,21H,9H2,1-5H3/b16-10+,18-15-. The number of aliphatic hydroxyl groups is 1. The third-order valence-corrected chi connectivity index (χ3v) is 3.70. The summed E-state index contributed by atoms with van der Waals surface area (Å²) in [5.74, 6) is -0.696. The van der Waals surface area contributed by atoms with Crippen molar-refractivity contribution in [3.63, 3.8) is 0 Å². The first-order chi connectivity index (χ1) is 11.1. The molecule has 6 nitrogen and oxygen atoms in total. The van der Waals surface area contributed by atoms with E-state index in [0.717, 1.165) is 0 Å². The summed E-state index contributed by atoms with van der Waals surface area (Å²) in [6.45, 7) is 8.45. The molecule has 6 heteroatoms. The van der Waals surface area contributed by atoms with Crippen LogP contribution in [-0.4, -0.2) is 15.8 Å². The Bertz CT molecular complexity index is 638. The van der Waals surface area contributed by atoms with Gasteiger partial charge in [-0.2, -0.15) is 0 Å². The van der Waals surface area contributed by atoms with Gasteiger partial charge in [0.05, 0.1) is 22.9 Å². The summed E-state index contributed by atoms with van der Waals surface area (Å²) in [6.07, 6.45) is 2.96. The lowest BCUT2D eigenvalue weighted by atomic mass is 9.87. The van der Waals surface area contributed by atoms with Gasteiger partial charge in [-0.25, -0.2) is 0 Å². The maximum Gasteiger partial charge on any atom is 0.249 e. The average molecular weight is 335 g/mol. The summed E-state index contributed by atoms with van der Waals surface area (Å²) in [5, 5.41) is 21.9. The summed E-state index contributed by atoms with van der Waals surface area (Å²) in [5.41, 5.74) is 0.341. The van der Waals surface area contributed by atoms with Crippen LogP contribution in [0.2, 0.25) is 0 Å². The lowest BCUT2D eigenvalue weighted by molar-refractivity contribution is -0.432. The molecule has 1 rings (SSSR count). The van der Waals surface area contributed by atoms with Crippen molar-refractivity contribution in [3.8, 4) is 0 Å². The average Bonchev–Trinajstić information content (AvgIpc) is 2.98. The fraction of sp³-hybridized carbons (Fsp3) is 0.500. The first-order valence-corrected chi connectivity index (χ1v) is 7.96. The van der Waals surface area contributed by atoms with Crippen LogP contribution in [0.4, 0.5) is 0 Å². The Morgan fingerprint density at radius 1 is 1.33 bits per heavy atom. The molecule has 0 aliphatic rings. The molecule has 0 saturated carbocycles. The molecule has 0 radical (unpaired) electrons. The Labute approximate surface area is 142 Å². The van der Waals surface area contributed by atoms with E-state index in [1.807, 2.05) is 0 Å². The second kappa shape index (κ2) is 8.47. The number of nitro groups is 1. The summed E-state index contributed by atoms with van der Waals surface area (Å²) in [7, 11) is 0. The van der Waals surface area contributed by atoms with Gasteiger partial charge >= 0.3 is 0 Å². The van der Waals surface area contributed by atoms with Gasteiger partial charge in [0, 0.05) is 29.9 Å². The van der Waals surface area contributed by atoms with E-state index in [9.17, 15) is 20.0 Å². The quantitative estimate of drug-likeness (QED) is 0.323. The van der Waals surface area contributed by atoms with Crippen molar-refractivity contribution in [1.82, 2.24) is 0 Å². The topological polar surface area (TPSA) is 93.6 Å². The van der Waals surface area contributed by atoms with E-state index in [1.54, 1.807) is 39.8 Å². The van der Waals surface area contributed by atoms with Gasteiger partial charge in [0.15, 0.2) is 0 Å². The molecule has 1 heterocycles. The van der Waals surface area contributed by atoms with Crippen molar-refractivity contribution in [3.05, 3.63) is 57.4 Å². The van der Waals surface area contributed by atoms with Crippen LogP contribution in [0, 0.1) is 22.0 Å². The number of carbonyl (C=O) groups excluding carboxylic acids is 1. The summed E-state index contributed by atoms with van der Waals surface area (Å²) in [6, 6.07) is 3.39. The zero-order valence-corrected chi connectivity index (χ0v) is 14.8. The molecule has 1 aromatic rings. The Hall–Kier alpha value is -2.37. The molecule has 0 saturated heterocycles. The maximum atomic E-state index is 11.7. The van der Waals surface area contributed by atoms with Gasteiger partial charge < -0.3 is 9.52 Å². The SMILES string of the molecule is CC(=O)CC(C(/C=C(\C(C)C)[N+](=O)[O-])=C(\O)C(C)C)c1ccco1. The van der Waals surface area contributed by atoms with Gasteiger partial charge in [-0.05, 0) is 19.1 Å². The van der Waals surface area contributed by atoms with E-state index in [0.29, 0.717) is 11.3 Å². The molecule has 0 fully saturated rings. The highest BCUT2D eigenvalue weighted by molar-refractivity contribution is 5.77. The van der Waals surface area contributed by atoms with Gasteiger partial charge in [0.2, 0.25) is 5.70 Å². The van der Waals surface area contributed by atoms with Crippen molar-refractivity contribution in [2.24, 2.45) is 11.8 Å². The van der Waals surface area contributed by atoms with E-state index in [1.165, 1.54) is 19.3 Å². The highest BCUT2D eigenvalue weighted by atomic mass is 16.6. The van der Waals surface area contributed by atoms with Gasteiger partial charge in [-0.15, -0.1) is 0 Å². The fourth-order valence-corrected chi connectivity index (χ4v) is 2.42. The Kier molecular flexibility index (Phi) is 6.95. The fourth-order valence-electron chi connectivity index (χ4n) is 2.42. The number of Topliss-reactive ketones (excluding diaryl/α,β-unsaturated/α-hetero) is 1. The van der Waals surface area contributed by atoms with Crippen LogP contribution in [0.5, 0.6) is 0 Å². The number of aliphatic hydroxyl groups excluding tert-OH is 1. The lowest BCUT2D eigenvalue weighted by Crippen LogP contribution is -2.13. The number of ketones is 1. The van der Waals surface area contributed by atoms with E-state index in [-0.39, 0.29) is 35.5 Å². The molecule has 1 atom stereocenters. The van der Waals surface area contributed by atoms with Crippen molar-refractivity contribution >= 4 is 5.78 Å². The van der Waals surface area contributed by atoms with Crippen LogP contribution >= 0.6 is 0 Å². The number of furan rings is 1. The second-order valence-corrected chi connectivity index (χ2v) is 6.45. The Balaban J connectivity index is 3.56. The predicted molar refractivity (Wildman–Crippen MR) is 91.2 cm³/mol. The first-order valence-electron chi connectivity index (χ1n) is 7.96. The largest absolute Gasteiger partial charge is 0.512 e. The molecule has 24 heavy (non-hydrogen) atoms. The van der Waals surface area contributed by atoms with Crippen LogP contribution in [0.15, 0.2) is 45.9 Å². The molecule has 0 amide bonds. The zero-order chi connectivity index (χ0) is 18.4. The number of hydrogen-bond donors (Lipinski definition) is 1. The molecule has 1 aromatic heterocycles. The van der Waals surface area contributed by atoms with Gasteiger partial charge in [-0.1, -0.05) is 27.7 Å². The molecule has 0 aliphatic carbocycles. The molecule has 0 spiro atoms. The minimum Gasteiger partial charge on any atom is -0.512 e. The molecule has 132 valence electrons. The number of rotatable bonds is 8. The second-order valence-electron chi connectivity index (χ2n) is 6.45. The minimum atomic E-state index is -0.561. The molecule has 1 N–H and O–H groups in total. The number of allylic oxidation sites excluding steroid dienone is 4. The van der Waals surface area contributed by atoms with Crippen molar-refractivity contribution in [2.75, 3.05) is 0 Å².